The van der Waals surface area contributed by atoms with Crippen molar-refractivity contribution in [3.05, 3.63) is 42.2 Å². The Labute approximate surface area is 141 Å². The Morgan fingerprint density at radius 1 is 1.29 bits per heavy atom. The summed E-state index contributed by atoms with van der Waals surface area (Å²) in [4.78, 5) is 3.97. The number of aromatic nitrogens is 1. The van der Waals surface area contributed by atoms with Crippen LogP contribution in [0.25, 0.3) is 11.1 Å². The number of benzene rings is 1. The third-order valence-electron chi connectivity index (χ3n) is 4.58. The molecule has 2 heterocycles. The molecule has 0 bridgehead atoms. The maximum atomic E-state index is 12.7. The topological polar surface area (TPSA) is 77.3 Å². The lowest BCUT2D eigenvalue weighted by atomic mass is 10.0. The van der Waals surface area contributed by atoms with Gasteiger partial charge in [0.1, 0.15) is 6.07 Å². The summed E-state index contributed by atoms with van der Waals surface area (Å²) >= 11 is 0. The van der Waals surface area contributed by atoms with Crippen molar-refractivity contribution in [1.29, 1.82) is 5.26 Å². The van der Waals surface area contributed by atoms with Crippen LogP contribution in [0.1, 0.15) is 18.4 Å². The van der Waals surface area contributed by atoms with Crippen LogP contribution in [0.5, 0.6) is 0 Å². The number of anilines is 2. The number of pyridine rings is 1. The molecule has 7 heteroatoms. The highest BCUT2D eigenvalue weighted by Gasteiger charge is 2.40. The van der Waals surface area contributed by atoms with Gasteiger partial charge >= 0.3 is 10.2 Å². The van der Waals surface area contributed by atoms with Crippen LogP contribution < -0.4 is 8.61 Å². The van der Waals surface area contributed by atoms with Crippen molar-refractivity contribution >= 4 is 21.6 Å². The maximum Gasteiger partial charge on any atom is 0.326 e. The van der Waals surface area contributed by atoms with E-state index in [1.807, 2.05) is 18.2 Å². The molecule has 0 spiro atoms. The van der Waals surface area contributed by atoms with Crippen molar-refractivity contribution in [3.8, 4) is 17.2 Å². The maximum absolute atomic E-state index is 12.7. The first-order chi connectivity index (χ1) is 11.5. The molecule has 1 aliphatic heterocycles. The molecule has 4 rings (SSSR count). The van der Waals surface area contributed by atoms with Gasteiger partial charge in [-0.3, -0.25) is 13.6 Å². The van der Waals surface area contributed by atoms with Crippen molar-refractivity contribution in [2.24, 2.45) is 5.92 Å². The molecule has 1 saturated carbocycles. The molecule has 0 saturated heterocycles. The van der Waals surface area contributed by atoms with E-state index in [-0.39, 0.29) is 0 Å². The Bertz CT molecular complexity index is 961. The zero-order chi connectivity index (χ0) is 16.9. The molecule has 1 fully saturated rings. The molecule has 0 N–H and O–H groups in total. The highest BCUT2D eigenvalue weighted by atomic mass is 32.2. The molecule has 2 aliphatic rings. The second-order valence-electron chi connectivity index (χ2n) is 6.19. The quantitative estimate of drug-likeness (QED) is 0.860. The van der Waals surface area contributed by atoms with Crippen LogP contribution >= 0.6 is 0 Å². The van der Waals surface area contributed by atoms with E-state index in [1.54, 1.807) is 19.3 Å². The summed E-state index contributed by atoms with van der Waals surface area (Å²) in [6.07, 6.45) is 5.32. The average molecular weight is 340 g/mol. The molecule has 6 nitrogen and oxygen atoms in total. The number of fused-ring (bicyclic) bond motifs is 1. The fourth-order valence-electron chi connectivity index (χ4n) is 3.01. The first-order valence-corrected chi connectivity index (χ1v) is 9.17. The third-order valence-corrected chi connectivity index (χ3v) is 6.37. The van der Waals surface area contributed by atoms with Crippen molar-refractivity contribution in [2.75, 3.05) is 22.2 Å². The molecular formula is C17H16N4O2S. The van der Waals surface area contributed by atoms with Gasteiger partial charge in [-0.15, -0.1) is 0 Å². The third kappa shape index (κ3) is 2.22. The molecule has 0 amide bonds. The Morgan fingerprint density at radius 3 is 2.79 bits per heavy atom. The van der Waals surface area contributed by atoms with Crippen molar-refractivity contribution < 1.29 is 8.42 Å². The Hall–Kier alpha value is -2.59. The van der Waals surface area contributed by atoms with Crippen molar-refractivity contribution in [1.82, 2.24) is 4.98 Å². The minimum atomic E-state index is -3.51. The lowest BCUT2D eigenvalue weighted by molar-refractivity contribution is 0.590. The van der Waals surface area contributed by atoms with Gasteiger partial charge in [-0.25, -0.2) is 0 Å². The van der Waals surface area contributed by atoms with Gasteiger partial charge in [0, 0.05) is 31.5 Å². The zero-order valence-electron chi connectivity index (χ0n) is 13.2. The van der Waals surface area contributed by atoms with Gasteiger partial charge < -0.3 is 0 Å². The van der Waals surface area contributed by atoms with E-state index in [9.17, 15) is 13.7 Å². The fourth-order valence-corrected chi connectivity index (χ4v) is 4.51. The van der Waals surface area contributed by atoms with Crippen molar-refractivity contribution in [3.63, 3.8) is 0 Å². The molecular weight excluding hydrogens is 324 g/mol. The van der Waals surface area contributed by atoms with E-state index < -0.39 is 10.2 Å². The van der Waals surface area contributed by atoms with Crippen LogP contribution in [-0.2, 0) is 10.2 Å². The summed E-state index contributed by atoms with van der Waals surface area (Å²) in [6, 6.07) is 9.42. The first kappa shape index (κ1) is 15.0. The van der Waals surface area contributed by atoms with Crippen LogP contribution in [0.15, 0.2) is 36.7 Å². The minimum Gasteiger partial charge on any atom is -0.263 e. The molecule has 1 aromatic carbocycles. The second kappa shape index (κ2) is 5.21. The lowest BCUT2D eigenvalue weighted by Crippen LogP contribution is -2.36. The molecule has 122 valence electrons. The summed E-state index contributed by atoms with van der Waals surface area (Å²) in [7, 11) is -1.93. The molecule has 2 aromatic rings. The average Bonchev–Trinajstić information content (AvgIpc) is 3.39. The van der Waals surface area contributed by atoms with E-state index in [0.717, 1.165) is 24.0 Å². The van der Waals surface area contributed by atoms with Crippen LogP contribution in [0, 0.1) is 17.2 Å². The number of nitriles is 1. The van der Waals surface area contributed by atoms with E-state index in [4.69, 9.17) is 0 Å². The lowest BCUT2D eigenvalue weighted by Gasteiger charge is -2.18. The Morgan fingerprint density at radius 2 is 2.08 bits per heavy atom. The summed E-state index contributed by atoms with van der Waals surface area (Å²) in [6.45, 7) is 0.539. The smallest absolute Gasteiger partial charge is 0.263 e. The van der Waals surface area contributed by atoms with Gasteiger partial charge in [-0.2, -0.15) is 13.7 Å². The van der Waals surface area contributed by atoms with E-state index >= 15 is 0 Å². The monoisotopic (exact) mass is 340 g/mol. The first-order valence-electron chi connectivity index (χ1n) is 7.77. The zero-order valence-corrected chi connectivity index (χ0v) is 14.0. The van der Waals surface area contributed by atoms with Gasteiger partial charge in [-0.1, -0.05) is 6.07 Å². The summed E-state index contributed by atoms with van der Waals surface area (Å²) < 4.78 is 28.2. The number of hydrogen-bond acceptors (Lipinski definition) is 4. The van der Waals surface area contributed by atoms with Gasteiger partial charge in [0.2, 0.25) is 0 Å². The molecule has 0 atom stereocenters. The van der Waals surface area contributed by atoms with Crippen LogP contribution in [0.3, 0.4) is 0 Å². The Kier molecular flexibility index (Phi) is 3.25. The molecule has 24 heavy (non-hydrogen) atoms. The standard InChI is InChI=1S/C17H16N4O2S/c1-20-17-8-13(15-6-7-19-10-14(15)9-18)4-5-16(17)21(24(20,22)23)11-12-2-3-12/h4-8,10,12H,2-3,11H2,1H3. The van der Waals surface area contributed by atoms with E-state index in [2.05, 4.69) is 11.1 Å². The molecule has 0 unspecified atom stereocenters. The van der Waals surface area contributed by atoms with Gasteiger partial charge in [-0.05, 0) is 42.5 Å². The van der Waals surface area contributed by atoms with Crippen LogP contribution in [-0.4, -0.2) is 27.0 Å². The Balaban J connectivity index is 1.82. The SMILES string of the molecule is CN1c2cc(-c3ccncc3C#N)ccc2N(CC2CC2)S1(=O)=O. The van der Waals surface area contributed by atoms with Gasteiger partial charge in [0.05, 0.1) is 16.9 Å². The van der Waals surface area contributed by atoms with E-state index in [1.165, 1.54) is 14.8 Å². The van der Waals surface area contributed by atoms with Crippen LogP contribution in [0.2, 0.25) is 0 Å². The number of hydrogen-bond donors (Lipinski definition) is 0. The summed E-state index contributed by atoms with van der Waals surface area (Å²) in [5, 5.41) is 9.25. The predicted octanol–water partition coefficient (Wildman–Crippen LogP) is 2.53. The van der Waals surface area contributed by atoms with Gasteiger partial charge in [0.15, 0.2) is 0 Å². The van der Waals surface area contributed by atoms with E-state index in [0.29, 0.717) is 29.4 Å². The largest absolute Gasteiger partial charge is 0.326 e. The summed E-state index contributed by atoms with van der Waals surface area (Å²) in [5.41, 5.74) is 3.38. The number of rotatable bonds is 3. The predicted molar refractivity (Wildman–Crippen MR) is 91.8 cm³/mol. The van der Waals surface area contributed by atoms with Crippen molar-refractivity contribution in [2.45, 2.75) is 12.8 Å². The van der Waals surface area contributed by atoms with Crippen LogP contribution in [0.4, 0.5) is 11.4 Å². The highest BCUT2D eigenvalue weighted by Crippen LogP contribution is 2.44. The molecule has 0 radical (unpaired) electrons. The second-order valence-corrected chi connectivity index (χ2v) is 8.07. The molecule has 1 aromatic heterocycles. The summed E-state index contributed by atoms with van der Waals surface area (Å²) in [5.74, 6) is 0.462. The normalized spacial score (nSPS) is 18.3. The minimum absolute atomic E-state index is 0.462. The van der Waals surface area contributed by atoms with Gasteiger partial charge in [0.25, 0.3) is 0 Å². The highest BCUT2D eigenvalue weighted by molar-refractivity contribution is 7.94. The fraction of sp³-hybridized carbons (Fsp3) is 0.294. The molecule has 1 aliphatic carbocycles. The number of nitrogens with zero attached hydrogens (tertiary/aromatic N) is 4.